The van der Waals surface area contributed by atoms with Crippen molar-refractivity contribution in [1.82, 2.24) is 0 Å². The van der Waals surface area contributed by atoms with Gasteiger partial charge in [0.25, 0.3) is 5.69 Å². The largest absolute Gasteiger partial charge is 0.488 e. The van der Waals surface area contributed by atoms with E-state index >= 15 is 0 Å². The van der Waals surface area contributed by atoms with Crippen molar-refractivity contribution in [3.63, 3.8) is 0 Å². The van der Waals surface area contributed by atoms with E-state index in [4.69, 9.17) is 0 Å². The molecule has 0 aliphatic rings. The fraction of sp³-hybridized carbons (Fsp3) is 0.143. The van der Waals surface area contributed by atoms with Crippen LogP contribution in [0.3, 0.4) is 0 Å². The quantitative estimate of drug-likeness (QED) is 0.565. The van der Waals surface area contributed by atoms with Crippen LogP contribution in [0.25, 0.3) is 0 Å². The van der Waals surface area contributed by atoms with Gasteiger partial charge in [0.1, 0.15) is 0 Å². The van der Waals surface area contributed by atoms with Crippen molar-refractivity contribution in [2.45, 2.75) is 0 Å². The lowest BCUT2D eigenvalue weighted by Gasteiger charge is -2.02. The molecule has 7 nitrogen and oxygen atoms in total. The maximum absolute atomic E-state index is 13.1. The van der Waals surface area contributed by atoms with Crippen LogP contribution in [0.4, 0.5) is 15.8 Å². The van der Waals surface area contributed by atoms with Crippen molar-refractivity contribution in [2.24, 2.45) is 0 Å². The van der Waals surface area contributed by atoms with Crippen LogP contribution in [0.1, 0.15) is 0 Å². The summed E-state index contributed by atoms with van der Waals surface area (Å²) in [6, 6.07) is 1.20. The molecular formula is C7H5FN2O5. The summed E-state index contributed by atoms with van der Waals surface area (Å²) in [6.45, 7) is 0. The van der Waals surface area contributed by atoms with Gasteiger partial charge in [-0.25, -0.2) is 4.39 Å². The Hall–Kier alpha value is -2.25. The van der Waals surface area contributed by atoms with E-state index in [1.807, 2.05) is 0 Å². The monoisotopic (exact) mass is 216 g/mol. The molecule has 0 aliphatic carbocycles. The van der Waals surface area contributed by atoms with Gasteiger partial charge in [-0.3, -0.25) is 20.2 Å². The van der Waals surface area contributed by atoms with Gasteiger partial charge in [-0.15, -0.1) is 0 Å². The van der Waals surface area contributed by atoms with Crippen LogP contribution in [-0.4, -0.2) is 17.0 Å². The van der Waals surface area contributed by atoms with Gasteiger partial charge in [0.15, 0.2) is 5.82 Å². The number of nitrogens with zero attached hydrogens (tertiary/aromatic N) is 2. The Balaban J connectivity index is 3.45. The summed E-state index contributed by atoms with van der Waals surface area (Å²) >= 11 is 0. The first kappa shape index (κ1) is 10.8. The minimum absolute atomic E-state index is 0.561. The number of halogens is 1. The summed E-state index contributed by atoms with van der Waals surface area (Å²) in [6.07, 6.45) is 0. The number of nitro groups is 2. The highest BCUT2D eigenvalue weighted by Gasteiger charge is 2.25. The number of benzene rings is 1. The molecule has 1 aromatic rings. The molecule has 0 N–H and O–H groups in total. The zero-order chi connectivity index (χ0) is 11.6. The topological polar surface area (TPSA) is 95.5 Å². The molecule has 0 amide bonds. The van der Waals surface area contributed by atoms with Gasteiger partial charge >= 0.3 is 5.69 Å². The average Bonchev–Trinajstić information content (AvgIpc) is 2.16. The van der Waals surface area contributed by atoms with Crippen molar-refractivity contribution in [1.29, 1.82) is 0 Å². The summed E-state index contributed by atoms with van der Waals surface area (Å²) in [7, 11) is 1.04. The zero-order valence-corrected chi connectivity index (χ0v) is 7.47. The first-order valence-electron chi connectivity index (χ1n) is 3.63. The second-order valence-electron chi connectivity index (χ2n) is 2.49. The summed E-state index contributed by atoms with van der Waals surface area (Å²) in [4.78, 5) is 18.9. The van der Waals surface area contributed by atoms with Crippen LogP contribution < -0.4 is 4.74 Å². The minimum atomic E-state index is -1.14. The fourth-order valence-corrected chi connectivity index (χ4v) is 1.01. The molecule has 0 heterocycles. The Morgan fingerprint density at radius 2 is 1.87 bits per heavy atom. The molecule has 0 aromatic heterocycles. The normalized spacial score (nSPS) is 9.73. The average molecular weight is 216 g/mol. The van der Waals surface area contributed by atoms with Crippen molar-refractivity contribution in [3.05, 3.63) is 38.2 Å². The maximum Gasteiger partial charge on any atom is 0.320 e. The summed E-state index contributed by atoms with van der Waals surface area (Å²) in [5, 5.41) is 20.7. The Morgan fingerprint density at radius 3 is 2.27 bits per heavy atom. The number of nitro benzene ring substituents is 2. The molecule has 80 valence electrons. The van der Waals surface area contributed by atoms with E-state index in [0.717, 1.165) is 7.11 Å². The SMILES string of the molecule is COc1c(F)cc([N+](=O)[O-])cc1[N+](=O)[O-]. The van der Waals surface area contributed by atoms with Gasteiger partial charge in [-0.05, 0) is 0 Å². The molecule has 15 heavy (non-hydrogen) atoms. The number of ether oxygens (including phenoxy) is 1. The lowest BCUT2D eigenvalue weighted by atomic mass is 10.2. The molecule has 0 saturated carbocycles. The predicted octanol–water partition coefficient (Wildman–Crippen LogP) is 1.65. The number of hydrogen-bond acceptors (Lipinski definition) is 5. The Morgan fingerprint density at radius 1 is 1.27 bits per heavy atom. The number of hydrogen-bond donors (Lipinski definition) is 0. The first-order chi connectivity index (χ1) is 6.97. The third-order valence-corrected chi connectivity index (χ3v) is 1.62. The first-order valence-corrected chi connectivity index (χ1v) is 3.63. The Kier molecular flexibility index (Phi) is 2.79. The Labute approximate surface area is 82.4 Å². The summed E-state index contributed by atoms with van der Waals surface area (Å²) in [5.74, 6) is -1.76. The van der Waals surface area contributed by atoms with E-state index in [-0.39, 0.29) is 0 Å². The van der Waals surface area contributed by atoms with E-state index in [1.54, 1.807) is 0 Å². The summed E-state index contributed by atoms with van der Waals surface area (Å²) in [5.41, 5.74) is -1.47. The second-order valence-corrected chi connectivity index (χ2v) is 2.49. The molecule has 0 spiro atoms. The third kappa shape index (κ3) is 1.98. The molecular weight excluding hydrogens is 211 g/mol. The van der Waals surface area contributed by atoms with Crippen LogP contribution in [0, 0.1) is 26.0 Å². The van der Waals surface area contributed by atoms with E-state index in [1.165, 1.54) is 0 Å². The predicted molar refractivity (Wildman–Crippen MR) is 46.3 cm³/mol. The number of non-ortho nitro benzene ring substituents is 1. The van der Waals surface area contributed by atoms with Crippen molar-refractivity contribution < 1.29 is 19.0 Å². The lowest BCUT2D eigenvalue weighted by Crippen LogP contribution is -1.99. The molecule has 0 unspecified atom stereocenters. The Bertz CT molecular complexity index is 434. The molecule has 0 bridgehead atoms. The van der Waals surface area contributed by atoms with Gasteiger partial charge in [0.2, 0.25) is 5.75 Å². The molecule has 0 aliphatic heterocycles. The van der Waals surface area contributed by atoms with E-state index in [2.05, 4.69) is 4.74 Å². The smallest absolute Gasteiger partial charge is 0.320 e. The van der Waals surface area contributed by atoms with Crippen LogP contribution in [0.5, 0.6) is 5.75 Å². The zero-order valence-electron chi connectivity index (χ0n) is 7.47. The van der Waals surface area contributed by atoms with Gasteiger partial charge < -0.3 is 4.74 Å². The van der Waals surface area contributed by atoms with E-state index in [9.17, 15) is 24.6 Å². The number of methoxy groups -OCH3 is 1. The van der Waals surface area contributed by atoms with Crippen molar-refractivity contribution >= 4 is 11.4 Å². The van der Waals surface area contributed by atoms with Gasteiger partial charge in [-0.1, -0.05) is 0 Å². The van der Waals surface area contributed by atoms with Gasteiger partial charge in [0, 0.05) is 0 Å². The lowest BCUT2D eigenvalue weighted by molar-refractivity contribution is -0.395. The summed E-state index contributed by atoms with van der Waals surface area (Å²) < 4.78 is 17.5. The van der Waals surface area contributed by atoms with Crippen molar-refractivity contribution in [2.75, 3.05) is 7.11 Å². The highest BCUT2D eigenvalue weighted by Crippen LogP contribution is 2.33. The van der Waals surface area contributed by atoms with E-state index in [0.29, 0.717) is 12.1 Å². The third-order valence-electron chi connectivity index (χ3n) is 1.62. The van der Waals surface area contributed by atoms with Crippen LogP contribution in [0.15, 0.2) is 12.1 Å². The molecule has 0 saturated heterocycles. The fourth-order valence-electron chi connectivity index (χ4n) is 1.01. The van der Waals surface area contributed by atoms with Gasteiger partial charge in [0.05, 0.1) is 29.1 Å². The molecule has 0 radical (unpaired) electrons. The van der Waals surface area contributed by atoms with Crippen molar-refractivity contribution in [3.8, 4) is 5.75 Å². The highest BCUT2D eigenvalue weighted by molar-refractivity contribution is 5.54. The van der Waals surface area contributed by atoms with Crippen LogP contribution in [0.2, 0.25) is 0 Å². The molecule has 1 aromatic carbocycles. The molecule has 1 rings (SSSR count). The second kappa shape index (κ2) is 3.86. The molecule has 0 atom stereocenters. The highest BCUT2D eigenvalue weighted by atomic mass is 19.1. The standard InChI is InChI=1S/C7H5FN2O5/c1-15-7-5(8)2-4(9(11)12)3-6(7)10(13)14/h2-3H,1H3. The minimum Gasteiger partial charge on any atom is -0.488 e. The van der Waals surface area contributed by atoms with E-state index < -0.39 is 32.8 Å². The molecule has 0 fully saturated rings. The van der Waals surface area contributed by atoms with Gasteiger partial charge in [-0.2, -0.15) is 0 Å². The van der Waals surface area contributed by atoms with Crippen LogP contribution >= 0.6 is 0 Å². The number of rotatable bonds is 3. The maximum atomic E-state index is 13.1. The molecule has 8 heteroatoms. The van der Waals surface area contributed by atoms with Crippen LogP contribution in [-0.2, 0) is 0 Å².